The first-order valence-electron chi connectivity index (χ1n) is 6.28. The maximum atomic E-state index is 11.3. The third-order valence-electron chi connectivity index (χ3n) is 3.36. The van der Waals surface area contributed by atoms with Crippen LogP contribution in [0.3, 0.4) is 0 Å². The smallest absolute Gasteiger partial charge is 0.334 e. The molecule has 19 heavy (non-hydrogen) atoms. The molecule has 2 heteroatoms. The molecule has 0 aliphatic carbocycles. The second-order valence-electron chi connectivity index (χ2n) is 4.69. The number of ether oxygens (including phenoxy) is 1. The Bertz CT molecular complexity index is 595. The van der Waals surface area contributed by atoms with Gasteiger partial charge >= 0.3 is 5.97 Å². The molecular weight excluding hydrogens is 236 g/mol. The van der Waals surface area contributed by atoms with Gasteiger partial charge in [0.15, 0.2) is 0 Å². The van der Waals surface area contributed by atoms with Gasteiger partial charge in [-0.3, -0.25) is 0 Å². The van der Waals surface area contributed by atoms with Crippen LogP contribution in [0.5, 0.6) is 0 Å². The molecule has 1 aliphatic heterocycles. The van der Waals surface area contributed by atoms with Crippen LogP contribution < -0.4 is 0 Å². The Hall–Kier alpha value is -2.35. The molecule has 2 aromatic carbocycles. The third kappa shape index (κ3) is 2.29. The standard InChI is InChI=1S/C17H14O2/c1-12-11-16(19-17(12)18)15-9-7-14(8-10-15)13-5-3-2-4-6-13/h2-10,16H,1,11H2. The molecule has 0 bridgehead atoms. The Morgan fingerprint density at radius 3 is 2.16 bits per heavy atom. The Morgan fingerprint density at radius 1 is 0.947 bits per heavy atom. The zero-order chi connectivity index (χ0) is 13.2. The first-order chi connectivity index (χ1) is 9.24. The van der Waals surface area contributed by atoms with E-state index < -0.39 is 0 Å². The highest BCUT2D eigenvalue weighted by molar-refractivity contribution is 5.90. The summed E-state index contributed by atoms with van der Waals surface area (Å²) in [6, 6.07) is 18.3. The molecule has 1 atom stereocenters. The van der Waals surface area contributed by atoms with Crippen LogP contribution in [0.15, 0.2) is 66.7 Å². The van der Waals surface area contributed by atoms with Gasteiger partial charge in [-0.25, -0.2) is 4.79 Å². The first-order valence-corrected chi connectivity index (χ1v) is 6.28. The molecule has 0 spiro atoms. The fraction of sp³-hybridized carbons (Fsp3) is 0.118. The molecule has 0 saturated carbocycles. The summed E-state index contributed by atoms with van der Waals surface area (Å²) in [7, 11) is 0. The van der Waals surface area contributed by atoms with E-state index >= 15 is 0 Å². The zero-order valence-corrected chi connectivity index (χ0v) is 10.5. The number of benzene rings is 2. The predicted octanol–water partition coefficient (Wildman–Crippen LogP) is 3.90. The van der Waals surface area contributed by atoms with Gasteiger partial charge in [0.25, 0.3) is 0 Å². The summed E-state index contributed by atoms with van der Waals surface area (Å²) in [6.07, 6.45) is 0.411. The van der Waals surface area contributed by atoms with E-state index in [1.54, 1.807) is 0 Å². The van der Waals surface area contributed by atoms with E-state index in [4.69, 9.17) is 4.74 Å². The van der Waals surface area contributed by atoms with Crippen molar-refractivity contribution in [3.63, 3.8) is 0 Å². The Morgan fingerprint density at radius 2 is 1.58 bits per heavy atom. The lowest BCUT2D eigenvalue weighted by Crippen LogP contribution is -1.98. The van der Waals surface area contributed by atoms with E-state index in [9.17, 15) is 4.79 Å². The van der Waals surface area contributed by atoms with Crippen molar-refractivity contribution in [3.05, 3.63) is 72.3 Å². The number of carbonyl (C=O) groups is 1. The van der Waals surface area contributed by atoms with Crippen LogP contribution in [0.1, 0.15) is 18.1 Å². The van der Waals surface area contributed by atoms with Gasteiger partial charge in [0.05, 0.1) is 0 Å². The first kappa shape index (κ1) is 11.7. The van der Waals surface area contributed by atoms with E-state index in [0.29, 0.717) is 12.0 Å². The summed E-state index contributed by atoms with van der Waals surface area (Å²) in [5.41, 5.74) is 3.91. The number of hydrogen-bond donors (Lipinski definition) is 0. The number of carbonyl (C=O) groups excluding carboxylic acids is 1. The minimum atomic E-state index is -0.280. The van der Waals surface area contributed by atoms with Crippen molar-refractivity contribution >= 4 is 5.97 Å². The van der Waals surface area contributed by atoms with Gasteiger partial charge in [0.2, 0.25) is 0 Å². The van der Waals surface area contributed by atoms with E-state index in [1.165, 1.54) is 5.56 Å². The summed E-state index contributed by atoms with van der Waals surface area (Å²) in [6.45, 7) is 3.70. The molecule has 2 aromatic rings. The maximum Gasteiger partial charge on any atom is 0.334 e. The minimum Gasteiger partial charge on any atom is -0.454 e. The van der Waals surface area contributed by atoms with Crippen molar-refractivity contribution in [2.24, 2.45) is 0 Å². The van der Waals surface area contributed by atoms with Crippen molar-refractivity contribution in [2.75, 3.05) is 0 Å². The summed E-state index contributed by atoms with van der Waals surface area (Å²) in [5, 5.41) is 0. The topological polar surface area (TPSA) is 26.3 Å². The summed E-state index contributed by atoms with van der Waals surface area (Å²) < 4.78 is 5.27. The lowest BCUT2D eigenvalue weighted by Gasteiger charge is -2.10. The Balaban J connectivity index is 1.84. The Labute approximate surface area is 112 Å². The third-order valence-corrected chi connectivity index (χ3v) is 3.36. The maximum absolute atomic E-state index is 11.3. The van der Waals surface area contributed by atoms with Crippen LogP contribution in [0, 0.1) is 0 Å². The normalized spacial score (nSPS) is 18.4. The number of hydrogen-bond acceptors (Lipinski definition) is 2. The van der Waals surface area contributed by atoms with Crippen molar-refractivity contribution in [1.29, 1.82) is 0 Å². The van der Waals surface area contributed by atoms with Crippen LogP contribution >= 0.6 is 0 Å². The van der Waals surface area contributed by atoms with Gasteiger partial charge in [0.1, 0.15) is 6.10 Å². The minimum absolute atomic E-state index is 0.176. The van der Waals surface area contributed by atoms with Gasteiger partial charge < -0.3 is 4.74 Å². The van der Waals surface area contributed by atoms with Crippen LogP contribution in [0.2, 0.25) is 0 Å². The SMILES string of the molecule is C=C1CC(c2ccc(-c3ccccc3)cc2)OC1=O. The Kier molecular flexibility index (Phi) is 2.92. The molecule has 1 fully saturated rings. The lowest BCUT2D eigenvalue weighted by molar-refractivity contribution is -0.139. The molecule has 1 unspecified atom stereocenters. The summed E-state index contributed by atoms with van der Waals surface area (Å²) in [4.78, 5) is 11.3. The van der Waals surface area contributed by atoms with Crippen LogP contribution in [0.4, 0.5) is 0 Å². The number of rotatable bonds is 2. The van der Waals surface area contributed by atoms with Gasteiger partial charge in [-0.1, -0.05) is 61.2 Å². The fourth-order valence-electron chi connectivity index (χ4n) is 2.27. The number of esters is 1. The average molecular weight is 250 g/mol. The molecule has 0 aromatic heterocycles. The molecule has 1 aliphatic rings. The quantitative estimate of drug-likeness (QED) is 0.597. The summed E-state index contributed by atoms with van der Waals surface area (Å²) in [5.74, 6) is -0.280. The molecule has 1 heterocycles. The van der Waals surface area contributed by atoms with Crippen LogP contribution in [0.25, 0.3) is 11.1 Å². The largest absolute Gasteiger partial charge is 0.454 e. The second-order valence-corrected chi connectivity index (χ2v) is 4.69. The molecule has 1 saturated heterocycles. The van der Waals surface area contributed by atoms with Crippen LogP contribution in [-0.4, -0.2) is 5.97 Å². The van der Waals surface area contributed by atoms with E-state index in [2.05, 4.69) is 30.8 Å². The fourth-order valence-corrected chi connectivity index (χ4v) is 2.27. The highest BCUT2D eigenvalue weighted by atomic mass is 16.5. The molecule has 94 valence electrons. The molecule has 0 N–H and O–H groups in total. The van der Waals surface area contributed by atoms with E-state index in [0.717, 1.165) is 11.1 Å². The highest BCUT2D eigenvalue weighted by Crippen LogP contribution is 2.33. The molecule has 0 radical (unpaired) electrons. The molecular formula is C17H14O2. The van der Waals surface area contributed by atoms with Gasteiger partial charge in [0, 0.05) is 12.0 Å². The number of cyclic esters (lactones) is 1. The molecule has 0 amide bonds. The molecule has 3 rings (SSSR count). The van der Waals surface area contributed by atoms with E-state index in [-0.39, 0.29) is 12.1 Å². The average Bonchev–Trinajstić information content (AvgIpc) is 2.80. The van der Waals surface area contributed by atoms with Gasteiger partial charge in [-0.05, 0) is 16.7 Å². The van der Waals surface area contributed by atoms with Crippen molar-refractivity contribution in [1.82, 2.24) is 0 Å². The lowest BCUT2D eigenvalue weighted by atomic mass is 10.0. The monoisotopic (exact) mass is 250 g/mol. The predicted molar refractivity (Wildman–Crippen MR) is 74.5 cm³/mol. The summed E-state index contributed by atoms with van der Waals surface area (Å²) >= 11 is 0. The highest BCUT2D eigenvalue weighted by Gasteiger charge is 2.28. The van der Waals surface area contributed by atoms with Gasteiger partial charge in [-0.2, -0.15) is 0 Å². The van der Waals surface area contributed by atoms with Crippen LogP contribution in [-0.2, 0) is 9.53 Å². The van der Waals surface area contributed by atoms with Crippen molar-refractivity contribution in [2.45, 2.75) is 12.5 Å². The van der Waals surface area contributed by atoms with E-state index in [1.807, 2.05) is 30.3 Å². The second kappa shape index (κ2) is 4.73. The zero-order valence-electron chi connectivity index (χ0n) is 10.5. The van der Waals surface area contributed by atoms with Crippen molar-refractivity contribution < 1.29 is 9.53 Å². The van der Waals surface area contributed by atoms with Gasteiger partial charge in [-0.15, -0.1) is 0 Å². The molecule has 2 nitrogen and oxygen atoms in total. The van der Waals surface area contributed by atoms with Crippen molar-refractivity contribution in [3.8, 4) is 11.1 Å².